The Balaban J connectivity index is 1.73. The quantitative estimate of drug-likeness (QED) is 0.459. The van der Waals surface area contributed by atoms with E-state index in [0.717, 1.165) is 11.1 Å². The van der Waals surface area contributed by atoms with Gasteiger partial charge in [-0.1, -0.05) is 35.9 Å². The summed E-state index contributed by atoms with van der Waals surface area (Å²) in [4.78, 5) is 27.0. The predicted molar refractivity (Wildman–Crippen MR) is 99.7 cm³/mol. The number of ether oxygens (including phenoxy) is 2. The molecule has 5 nitrogen and oxygen atoms in total. The van der Waals surface area contributed by atoms with Crippen molar-refractivity contribution >= 4 is 41.6 Å². The lowest BCUT2D eigenvalue weighted by atomic mass is 10.2. The second-order valence-electron chi connectivity index (χ2n) is 5.42. The van der Waals surface area contributed by atoms with Gasteiger partial charge >= 0.3 is 11.9 Å². The second kappa shape index (κ2) is 7.80. The van der Waals surface area contributed by atoms with Crippen LogP contribution >= 0.6 is 11.6 Å². The minimum absolute atomic E-state index is 0.195. The van der Waals surface area contributed by atoms with Gasteiger partial charge in [0.1, 0.15) is 5.75 Å². The number of benzene rings is 2. The summed E-state index contributed by atoms with van der Waals surface area (Å²) in [5, 5.41) is 0.650. The van der Waals surface area contributed by atoms with Gasteiger partial charge < -0.3 is 9.47 Å². The van der Waals surface area contributed by atoms with E-state index in [1.807, 2.05) is 12.1 Å². The molecule has 6 heteroatoms. The van der Waals surface area contributed by atoms with Crippen molar-refractivity contribution in [3.8, 4) is 5.75 Å². The van der Waals surface area contributed by atoms with Crippen LogP contribution < -0.4 is 4.74 Å². The molecule has 0 radical (unpaired) electrons. The van der Waals surface area contributed by atoms with Gasteiger partial charge in [0, 0.05) is 18.0 Å². The summed E-state index contributed by atoms with van der Waals surface area (Å²) in [5.74, 6) is -0.265. The lowest BCUT2D eigenvalue weighted by Crippen LogP contribution is -2.01. The summed E-state index contributed by atoms with van der Waals surface area (Å²) in [6.07, 6.45) is 4.99. The van der Waals surface area contributed by atoms with Crippen molar-refractivity contribution in [2.75, 3.05) is 0 Å². The van der Waals surface area contributed by atoms with Crippen LogP contribution in [-0.4, -0.2) is 17.8 Å². The standard InChI is InChI=1S/C20H14ClNO4/c1-13(23)25-17-9-4-15(5-10-17)12-18-20(24)26-19(22-18)11-6-14-2-7-16(21)8-3-14/h2-12H,1H3/b11-6+,18-12+. The molecule has 0 fully saturated rings. The van der Waals surface area contributed by atoms with Crippen LogP contribution in [0, 0.1) is 0 Å². The summed E-state index contributed by atoms with van der Waals surface area (Å²) in [6.45, 7) is 1.33. The van der Waals surface area contributed by atoms with Crippen LogP contribution in [0.4, 0.5) is 0 Å². The van der Waals surface area contributed by atoms with Crippen molar-refractivity contribution in [3.63, 3.8) is 0 Å². The molecule has 3 rings (SSSR count). The lowest BCUT2D eigenvalue weighted by molar-refractivity contribution is -0.132. The highest BCUT2D eigenvalue weighted by Gasteiger charge is 2.21. The van der Waals surface area contributed by atoms with Crippen molar-refractivity contribution in [2.24, 2.45) is 4.99 Å². The molecule has 1 aliphatic rings. The van der Waals surface area contributed by atoms with Crippen LogP contribution in [0.5, 0.6) is 5.75 Å². The predicted octanol–water partition coefficient (Wildman–Crippen LogP) is 4.27. The molecule has 0 amide bonds. The van der Waals surface area contributed by atoms with Crippen LogP contribution in [0.2, 0.25) is 5.02 Å². The smallest absolute Gasteiger partial charge is 0.363 e. The van der Waals surface area contributed by atoms with Crippen LogP contribution in [0.15, 0.2) is 65.3 Å². The van der Waals surface area contributed by atoms with Gasteiger partial charge in [-0.25, -0.2) is 9.79 Å². The summed E-state index contributed by atoms with van der Waals surface area (Å²) >= 11 is 5.84. The fourth-order valence-electron chi connectivity index (χ4n) is 2.19. The molecule has 1 heterocycles. The van der Waals surface area contributed by atoms with Gasteiger partial charge in [-0.2, -0.15) is 0 Å². The Morgan fingerprint density at radius 3 is 2.35 bits per heavy atom. The Hall–Kier alpha value is -3.18. The average molecular weight is 368 g/mol. The Labute approximate surface area is 155 Å². The van der Waals surface area contributed by atoms with Gasteiger partial charge in [0.25, 0.3) is 0 Å². The monoisotopic (exact) mass is 367 g/mol. The first kappa shape index (κ1) is 17.6. The minimum Gasteiger partial charge on any atom is -0.427 e. The first-order valence-electron chi connectivity index (χ1n) is 7.74. The molecule has 0 saturated heterocycles. The van der Waals surface area contributed by atoms with Gasteiger partial charge in [-0.05, 0) is 47.5 Å². The lowest BCUT2D eigenvalue weighted by Gasteiger charge is -2.00. The molecule has 26 heavy (non-hydrogen) atoms. The summed E-state index contributed by atoms with van der Waals surface area (Å²) < 4.78 is 10.1. The van der Waals surface area contributed by atoms with E-state index in [1.54, 1.807) is 54.6 Å². The first-order chi connectivity index (χ1) is 12.5. The molecule has 0 unspecified atom stereocenters. The Kier molecular flexibility index (Phi) is 5.29. The second-order valence-corrected chi connectivity index (χ2v) is 5.85. The van der Waals surface area contributed by atoms with Gasteiger partial charge in [-0.15, -0.1) is 0 Å². The highest BCUT2D eigenvalue weighted by atomic mass is 35.5. The summed E-state index contributed by atoms with van der Waals surface area (Å²) in [5.41, 5.74) is 1.84. The van der Waals surface area contributed by atoms with Crippen molar-refractivity contribution in [1.82, 2.24) is 0 Å². The third-order valence-electron chi connectivity index (χ3n) is 3.37. The van der Waals surface area contributed by atoms with Crippen molar-refractivity contribution < 1.29 is 19.1 Å². The third kappa shape index (κ3) is 4.68. The Morgan fingerprint density at radius 1 is 1.04 bits per heavy atom. The SMILES string of the molecule is CC(=O)Oc1ccc(/C=C2N=C(/C=C/c3ccc(Cl)cc3)OC/2=O)cc1. The van der Waals surface area contributed by atoms with Crippen LogP contribution in [0.25, 0.3) is 12.2 Å². The highest BCUT2D eigenvalue weighted by molar-refractivity contribution is 6.30. The fraction of sp³-hybridized carbons (Fsp3) is 0.0500. The van der Waals surface area contributed by atoms with E-state index >= 15 is 0 Å². The first-order valence-corrected chi connectivity index (χ1v) is 8.12. The molecular weight excluding hydrogens is 354 g/mol. The van der Waals surface area contributed by atoms with E-state index in [4.69, 9.17) is 21.1 Å². The zero-order valence-corrected chi connectivity index (χ0v) is 14.6. The Morgan fingerprint density at radius 2 is 1.69 bits per heavy atom. The van der Waals surface area contributed by atoms with E-state index in [0.29, 0.717) is 10.8 Å². The molecule has 2 aromatic rings. The minimum atomic E-state index is -0.523. The largest absolute Gasteiger partial charge is 0.427 e. The molecule has 0 saturated carbocycles. The van der Waals surface area contributed by atoms with E-state index in [-0.39, 0.29) is 11.6 Å². The topological polar surface area (TPSA) is 65.0 Å². The molecule has 0 aliphatic carbocycles. The molecule has 130 valence electrons. The summed E-state index contributed by atoms with van der Waals surface area (Å²) in [7, 11) is 0. The number of cyclic esters (lactones) is 1. The van der Waals surface area contributed by atoms with Crippen molar-refractivity contribution in [1.29, 1.82) is 0 Å². The number of esters is 2. The molecule has 0 bridgehead atoms. The van der Waals surface area contributed by atoms with E-state index in [9.17, 15) is 9.59 Å². The molecular formula is C20H14ClNO4. The Bertz CT molecular complexity index is 925. The van der Waals surface area contributed by atoms with Crippen molar-refractivity contribution in [2.45, 2.75) is 6.92 Å². The van der Waals surface area contributed by atoms with E-state index < -0.39 is 11.9 Å². The van der Waals surface area contributed by atoms with Gasteiger partial charge in [-0.3, -0.25) is 4.79 Å². The number of aliphatic imine (C=N–C) groups is 1. The van der Waals surface area contributed by atoms with Crippen LogP contribution in [-0.2, 0) is 14.3 Å². The number of halogens is 1. The number of carbonyl (C=O) groups is 2. The molecule has 1 aliphatic heterocycles. The van der Waals surface area contributed by atoms with Crippen molar-refractivity contribution in [3.05, 3.63) is 76.5 Å². The number of carbonyl (C=O) groups excluding carboxylic acids is 2. The van der Waals surface area contributed by atoms with Crippen LogP contribution in [0.3, 0.4) is 0 Å². The van der Waals surface area contributed by atoms with Gasteiger partial charge in [0.15, 0.2) is 5.70 Å². The normalized spacial score (nSPS) is 15.2. The maximum Gasteiger partial charge on any atom is 0.363 e. The van der Waals surface area contributed by atoms with E-state index in [1.165, 1.54) is 6.92 Å². The van der Waals surface area contributed by atoms with Crippen LogP contribution in [0.1, 0.15) is 18.1 Å². The molecule has 2 aromatic carbocycles. The maximum atomic E-state index is 11.9. The fourth-order valence-corrected chi connectivity index (χ4v) is 2.32. The zero-order chi connectivity index (χ0) is 18.5. The average Bonchev–Trinajstić information content (AvgIpc) is 2.95. The number of hydrogen-bond acceptors (Lipinski definition) is 5. The van der Waals surface area contributed by atoms with E-state index in [2.05, 4.69) is 4.99 Å². The molecule has 0 aromatic heterocycles. The number of nitrogens with zero attached hydrogens (tertiary/aromatic N) is 1. The van der Waals surface area contributed by atoms with Gasteiger partial charge in [0.2, 0.25) is 5.90 Å². The van der Waals surface area contributed by atoms with Gasteiger partial charge in [0.05, 0.1) is 0 Å². The third-order valence-corrected chi connectivity index (χ3v) is 3.62. The summed E-state index contributed by atoms with van der Waals surface area (Å²) in [6, 6.07) is 13.9. The molecule has 0 N–H and O–H groups in total. The maximum absolute atomic E-state index is 11.9. The highest BCUT2D eigenvalue weighted by Crippen LogP contribution is 2.19. The molecule has 0 spiro atoms. The zero-order valence-electron chi connectivity index (χ0n) is 13.8. The molecule has 0 atom stereocenters. The number of rotatable bonds is 4. The number of hydrogen-bond donors (Lipinski definition) is 0.